The van der Waals surface area contributed by atoms with E-state index in [0.29, 0.717) is 6.61 Å². The van der Waals surface area contributed by atoms with Gasteiger partial charge in [-0.1, -0.05) is 19.8 Å². The van der Waals surface area contributed by atoms with Gasteiger partial charge in [-0.05, 0) is 6.42 Å². The molecule has 1 unspecified atom stereocenters. The van der Waals surface area contributed by atoms with Gasteiger partial charge in [0.25, 0.3) is 0 Å². The third kappa shape index (κ3) is 13.6. The smallest absolute Gasteiger partial charge is 0.306 e. The number of hydrogen-bond acceptors (Lipinski definition) is 2. The lowest BCUT2D eigenvalue weighted by molar-refractivity contribution is -0.873. The van der Waals surface area contributed by atoms with Gasteiger partial charge in [-0.15, -0.1) is 0 Å². The van der Waals surface area contributed by atoms with E-state index >= 15 is 0 Å². The zero-order chi connectivity index (χ0) is 12.6. The second kappa shape index (κ2) is 9.68. The van der Waals surface area contributed by atoms with Crippen molar-refractivity contribution in [3.63, 3.8) is 0 Å². The molecule has 0 aromatic heterocycles. The number of nitrogens with zero attached hydrogens (tertiary/aromatic N) is 1. The Morgan fingerprint density at radius 1 is 1.29 bits per heavy atom. The van der Waals surface area contributed by atoms with Gasteiger partial charge in [0.2, 0.25) is 0 Å². The highest BCUT2D eigenvalue weighted by atomic mass is 35.5. The summed E-state index contributed by atoms with van der Waals surface area (Å²) in [7, 11) is 6.14. The third-order valence-corrected chi connectivity index (χ3v) is 2.26. The molecule has 0 saturated carbocycles. The summed E-state index contributed by atoms with van der Waals surface area (Å²) in [5, 5.41) is 8.80. The van der Waals surface area contributed by atoms with Crippen LogP contribution in [0.4, 0.5) is 0 Å². The molecule has 0 fully saturated rings. The first-order valence-corrected chi connectivity index (χ1v) is 5.99. The molecule has 4 nitrogen and oxygen atoms in total. The largest absolute Gasteiger partial charge is 1.00 e. The number of unbranched alkanes of at least 4 members (excludes halogenated alkanes) is 2. The second-order valence-corrected chi connectivity index (χ2v) is 5.27. The fourth-order valence-corrected chi connectivity index (χ4v) is 1.58. The first-order chi connectivity index (χ1) is 7.35. The number of aliphatic carboxylic acids is 1. The van der Waals surface area contributed by atoms with Gasteiger partial charge in [0, 0.05) is 6.61 Å². The monoisotopic (exact) mass is 267 g/mol. The van der Waals surface area contributed by atoms with Crippen LogP contribution < -0.4 is 12.4 Å². The summed E-state index contributed by atoms with van der Waals surface area (Å²) in [4.78, 5) is 10.7. The van der Waals surface area contributed by atoms with Crippen LogP contribution in [-0.4, -0.2) is 56.0 Å². The summed E-state index contributed by atoms with van der Waals surface area (Å²) < 4.78 is 6.36. The van der Waals surface area contributed by atoms with Gasteiger partial charge >= 0.3 is 5.97 Å². The number of quaternary nitrogens is 1. The van der Waals surface area contributed by atoms with E-state index in [9.17, 15) is 4.79 Å². The molecule has 0 heterocycles. The SMILES string of the molecule is CCCCCOC(CC(=O)O)C[N+](C)(C)C.[Cl-]. The molecule has 0 rings (SSSR count). The lowest BCUT2D eigenvalue weighted by Crippen LogP contribution is -3.00. The summed E-state index contributed by atoms with van der Waals surface area (Å²) in [6, 6.07) is 0. The maximum atomic E-state index is 10.7. The van der Waals surface area contributed by atoms with E-state index in [0.717, 1.165) is 30.3 Å². The van der Waals surface area contributed by atoms with Crippen LogP contribution in [0.2, 0.25) is 0 Å². The van der Waals surface area contributed by atoms with Gasteiger partial charge in [-0.25, -0.2) is 0 Å². The molecule has 0 saturated heterocycles. The minimum atomic E-state index is -0.783. The van der Waals surface area contributed by atoms with Crippen molar-refractivity contribution in [3.8, 4) is 0 Å². The van der Waals surface area contributed by atoms with Crippen LogP contribution in [0.5, 0.6) is 0 Å². The van der Waals surface area contributed by atoms with Crippen LogP contribution in [-0.2, 0) is 9.53 Å². The van der Waals surface area contributed by atoms with Gasteiger partial charge in [0.1, 0.15) is 12.6 Å². The molecule has 104 valence electrons. The minimum Gasteiger partial charge on any atom is -1.00 e. The lowest BCUT2D eigenvalue weighted by Gasteiger charge is -2.28. The summed E-state index contributed by atoms with van der Waals surface area (Å²) in [5.41, 5.74) is 0. The molecule has 1 N–H and O–H groups in total. The number of halogens is 1. The highest BCUT2D eigenvalue weighted by molar-refractivity contribution is 5.67. The van der Waals surface area contributed by atoms with Gasteiger partial charge in [-0.3, -0.25) is 4.79 Å². The van der Waals surface area contributed by atoms with E-state index in [1.54, 1.807) is 0 Å². The maximum absolute atomic E-state index is 10.7. The Labute approximate surface area is 111 Å². The van der Waals surface area contributed by atoms with E-state index in [2.05, 4.69) is 6.92 Å². The third-order valence-electron chi connectivity index (χ3n) is 2.26. The number of likely N-dealkylation sites (N-methyl/N-ethyl adjacent to an activating group) is 1. The molecule has 1 atom stereocenters. The number of rotatable bonds is 9. The fraction of sp³-hybridized carbons (Fsp3) is 0.917. The number of carboxylic acids is 1. The molecule has 0 bridgehead atoms. The molecule has 0 spiro atoms. The van der Waals surface area contributed by atoms with Gasteiger partial charge in [-0.2, -0.15) is 0 Å². The van der Waals surface area contributed by atoms with Gasteiger partial charge in [0.05, 0.1) is 27.6 Å². The Hall–Kier alpha value is -0.320. The molecule has 17 heavy (non-hydrogen) atoms. The predicted molar refractivity (Wildman–Crippen MR) is 64.4 cm³/mol. The standard InChI is InChI=1S/C12H25NO3.ClH/c1-5-6-7-8-16-11(9-12(14)15)10-13(2,3)4;/h11H,5-10H2,1-4H3;1H. The Morgan fingerprint density at radius 3 is 2.29 bits per heavy atom. The predicted octanol–water partition coefficient (Wildman–Crippen LogP) is -1.25. The van der Waals surface area contributed by atoms with Crippen LogP contribution in [0.15, 0.2) is 0 Å². The normalized spacial score (nSPS) is 12.9. The summed E-state index contributed by atoms with van der Waals surface area (Å²) >= 11 is 0. The average molecular weight is 268 g/mol. The van der Waals surface area contributed by atoms with E-state index in [4.69, 9.17) is 9.84 Å². The molecule has 0 amide bonds. The topological polar surface area (TPSA) is 46.5 Å². The van der Waals surface area contributed by atoms with Crippen LogP contribution >= 0.6 is 0 Å². The molecule has 0 aliphatic rings. The number of ether oxygens (including phenoxy) is 1. The van der Waals surface area contributed by atoms with Gasteiger partial charge < -0.3 is 26.7 Å². The maximum Gasteiger partial charge on any atom is 0.306 e. The average Bonchev–Trinajstić information content (AvgIpc) is 2.08. The molecule has 0 aromatic carbocycles. The van der Waals surface area contributed by atoms with Crippen molar-refractivity contribution in [1.82, 2.24) is 0 Å². The molecular formula is C12H26ClNO3. The zero-order valence-corrected chi connectivity index (χ0v) is 12.2. The molecule has 0 radical (unpaired) electrons. The summed E-state index contributed by atoms with van der Waals surface area (Å²) in [6.07, 6.45) is 3.24. The summed E-state index contributed by atoms with van der Waals surface area (Å²) in [5.74, 6) is -0.783. The van der Waals surface area contributed by atoms with Gasteiger partial charge in [0.15, 0.2) is 0 Å². The molecule has 5 heteroatoms. The van der Waals surface area contributed by atoms with Crippen LogP contribution in [0.25, 0.3) is 0 Å². The zero-order valence-electron chi connectivity index (χ0n) is 11.4. The lowest BCUT2D eigenvalue weighted by atomic mass is 10.2. The van der Waals surface area contributed by atoms with Crippen molar-refractivity contribution in [2.24, 2.45) is 0 Å². The van der Waals surface area contributed by atoms with E-state index in [-0.39, 0.29) is 24.9 Å². The molecule has 0 aliphatic carbocycles. The van der Waals surface area contributed by atoms with Crippen LogP contribution in [0.1, 0.15) is 32.6 Å². The Bertz CT molecular complexity index is 204. The Morgan fingerprint density at radius 2 is 1.88 bits per heavy atom. The second-order valence-electron chi connectivity index (χ2n) is 5.27. The quantitative estimate of drug-likeness (QED) is 0.419. The number of carboxylic acid groups (broad SMARTS) is 1. The van der Waals surface area contributed by atoms with Crippen molar-refractivity contribution in [1.29, 1.82) is 0 Å². The van der Waals surface area contributed by atoms with Crippen molar-refractivity contribution in [2.75, 3.05) is 34.3 Å². The summed E-state index contributed by atoms with van der Waals surface area (Å²) in [6.45, 7) is 3.55. The fourth-order valence-electron chi connectivity index (χ4n) is 1.58. The van der Waals surface area contributed by atoms with Crippen LogP contribution in [0, 0.1) is 0 Å². The Balaban J connectivity index is 0. The Kier molecular flexibility index (Phi) is 10.8. The highest BCUT2D eigenvalue weighted by Crippen LogP contribution is 2.06. The first kappa shape index (κ1) is 19.0. The number of hydrogen-bond donors (Lipinski definition) is 1. The molecule has 0 aliphatic heterocycles. The van der Waals surface area contributed by atoms with E-state index < -0.39 is 5.97 Å². The van der Waals surface area contributed by atoms with Crippen molar-refractivity contribution >= 4 is 5.97 Å². The first-order valence-electron chi connectivity index (χ1n) is 5.99. The number of carbonyl (C=O) groups is 1. The van der Waals surface area contributed by atoms with Crippen molar-refractivity contribution in [2.45, 2.75) is 38.7 Å². The van der Waals surface area contributed by atoms with Crippen LogP contribution in [0.3, 0.4) is 0 Å². The van der Waals surface area contributed by atoms with E-state index in [1.807, 2.05) is 21.1 Å². The minimum absolute atomic E-state index is 0. The molecule has 0 aromatic rings. The van der Waals surface area contributed by atoms with Crippen molar-refractivity contribution in [3.05, 3.63) is 0 Å². The van der Waals surface area contributed by atoms with E-state index in [1.165, 1.54) is 0 Å². The van der Waals surface area contributed by atoms with Crippen molar-refractivity contribution < 1.29 is 31.5 Å². The highest BCUT2D eigenvalue weighted by Gasteiger charge is 2.21. The molecular weight excluding hydrogens is 242 g/mol.